The van der Waals surface area contributed by atoms with Gasteiger partial charge in [-0.05, 0) is 0 Å². The quantitative estimate of drug-likeness (QED) is 0.685. The van der Waals surface area contributed by atoms with Crippen molar-refractivity contribution in [1.82, 2.24) is 19.6 Å². The third-order valence-electron chi connectivity index (χ3n) is 2.09. The first-order valence-electron chi connectivity index (χ1n) is 4.30. The summed E-state index contributed by atoms with van der Waals surface area (Å²) < 4.78 is 1.42. The van der Waals surface area contributed by atoms with Gasteiger partial charge in [0.2, 0.25) is 0 Å². The molecule has 0 aliphatic rings. The Bertz CT molecular complexity index is 494. The van der Waals surface area contributed by atoms with Crippen molar-refractivity contribution < 1.29 is 9.90 Å². The van der Waals surface area contributed by atoms with Gasteiger partial charge in [-0.2, -0.15) is 10.1 Å². The molecule has 0 aromatic carbocycles. The molecule has 2 rings (SSSR count). The fourth-order valence-corrected chi connectivity index (χ4v) is 1.29. The minimum atomic E-state index is -0.973. The predicted molar refractivity (Wildman–Crippen MR) is 50.2 cm³/mol. The van der Waals surface area contributed by atoms with E-state index in [1.807, 2.05) is 0 Å². The predicted octanol–water partition coefficient (Wildman–Crippen LogP) is -0.749. The summed E-state index contributed by atoms with van der Waals surface area (Å²) in [6.07, 6.45) is 4.38. The van der Waals surface area contributed by atoms with Gasteiger partial charge in [-0.3, -0.25) is 4.79 Å². The average molecular weight is 207 g/mol. The molecule has 0 bridgehead atoms. The van der Waals surface area contributed by atoms with Gasteiger partial charge in [-0.1, -0.05) is 0 Å². The lowest BCUT2D eigenvalue weighted by Crippen LogP contribution is -2.21. The van der Waals surface area contributed by atoms with E-state index >= 15 is 0 Å². The molecule has 0 aliphatic heterocycles. The van der Waals surface area contributed by atoms with Crippen LogP contribution in [0.5, 0.6) is 0 Å². The molecule has 3 N–H and O–H groups in total. The molecular weight excluding hydrogens is 198 g/mol. The lowest BCUT2D eigenvalue weighted by Gasteiger charge is -2.08. The van der Waals surface area contributed by atoms with Crippen LogP contribution in [0.25, 0.3) is 5.78 Å². The van der Waals surface area contributed by atoms with Gasteiger partial charge in [0.1, 0.15) is 6.33 Å². The topological polar surface area (TPSA) is 106 Å². The van der Waals surface area contributed by atoms with Crippen LogP contribution >= 0.6 is 0 Å². The van der Waals surface area contributed by atoms with Gasteiger partial charge in [0.15, 0.2) is 0 Å². The molecule has 1 atom stereocenters. The van der Waals surface area contributed by atoms with Gasteiger partial charge < -0.3 is 10.8 Å². The van der Waals surface area contributed by atoms with Crippen LogP contribution in [0.1, 0.15) is 11.5 Å². The summed E-state index contributed by atoms with van der Waals surface area (Å²) in [6.45, 7) is 0.0250. The van der Waals surface area contributed by atoms with E-state index < -0.39 is 11.9 Å². The van der Waals surface area contributed by atoms with Gasteiger partial charge in [-0.25, -0.2) is 9.50 Å². The summed E-state index contributed by atoms with van der Waals surface area (Å²) in [6, 6.07) is 0. The van der Waals surface area contributed by atoms with Crippen molar-refractivity contribution >= 4 is 11.7 Å². The molecule has 2 aromatic rings. The Hall–Kier alpha value is -2.02. The minimum absolute atomic E-state index is 0.0250. The van der Waals surface area contributed by atoms with Crippen LogP contribution < -0.4 is 5.73 Å². The highest BCUT2D eigenvalue weighted by Crippen LogP contribution is 2.13. The van der Waals surface area contributed by atoms with Crippen molar-refractivity contribution in [3.05, 3.63) is 24.3 Å². The first kappa shape index (κ1) is 9.53. The molecule has 0 aliphatic carbocycles. The number of fused-ring (bicyclic) bond motifs is 1. The van der Waals surface area contributed by atoms with E-state index in [1.54, 1.807) is 6.20 Å². The van der Waals surface area contributed by atoms with Crippen molar-refractivity contribution in [2.45, 2.75) is 5.92 Å². The number of aromatic nitrogens is 4. The highest BCUT2D eigenvalue weighted by atomic mass is 16.4. The van der Waals surface area contributed by atoms with E-state index in [2.05, 4.69) is 15.1 Å². The van der Waals surface area contributed by atoms with E-state index in [9.17, 15) is 4.79 Å². The number of nitrogens with zero attached hydrogens (tertiary/aromatic N) is 4. The lowest BCUT2D eigenvalue weighted by molar-refractivity contribution is -0.138. The monoisotopic (exact) mass is 207 g/mol. The molecular formula is C8H9N5O2. The number of aliphatic carboxylic acids is 1. The first-order chi connectivity index (χ1) is 7.22. The molecule has 7 heteroatoms. The van der Waals surface area contributed by atoms with Gasteiger partial charge in [0.05, 0.1) is 5.92 Å². The summed E-state index contributed by atoms with van der Waals surface area (Å²) >= 11 is 0. The van der Waals surface area contributed by atoms with Crippen molar-refractivity contribution in [2.24, 2.45) is 5.73 Å². The zero-order valence-electron chi connectivity index (χ0n) is 7.74. The Morgan fingerprint density at radius 2 is 2.40 bits per heavy atom. The Labute approximate surface area is 84.6 Å². The molecule has 0 saturated heterocycles. The van der Waals surface area contributed by atoms with Crippen LogP contribution in [0.15, 0.2) is 18.7 Å². The molecule has 0 saturated carbocycles. The average Bonchev–Trinajstić information content (AvgIpc) is 2.65. The third kappa shape index (κ3) is 1.64. The highest BCUT2D eigenvalue weighted by Gasteiger charge is 2.19. The molecule has 1 unspecified atom stereocenters. The second-order valence-electron chi connectivity index (χ2n) is 3.02. The Balaban J connectivity index is 2.46. The molecule has 0 radical (unpaired) electrons. The Kier molecular flexibility index (Phi) is 2.30. The summed E-state index contributed by atoms with van der Waals surface area (Å²) in [5.41, 5.74) is 5.89. The van der Waals surface area contributed by atoms with Crippen LogP contribution in [0.2, 0.25) is 0 Å². The minimum Gasteiger partial charge on any atom is -0.481 e. The van der Waals surface area contributed by atoms with E-state index in [0.29, 0.717) is 11.3 Å². The summed E-state index contributed by atoms with van der Waals surface area (Å²) in [5, 5.41) is 12.8. The van der Waals surface area contributed by atoms with Crippen molar-refractivity contribution in [3.63, 3.8) is 0 Å². The number of carboxylic acids is 1. The fraction of sp³-hybridized carbons (Fsp3) is 0.250. The van der Waals surface area contributed by atoms with Crippen LogP contribution in [0, 0.1) is 0 Å². The van der Waals surface area contributed by atoms with Crippen LogP contribution in [0.4, 0.5) is 0 Å². The molecule has 0 spiro atoms. The number of carbonyl (C=O) groups is 1. The third-order valence-corrected chi connectivity index (χ3v) is 2.09. The van der Waals surface area contributed by atoms with Crippen LogP contribution in [-0.2, 0) is 4.79 Å². The van der Waals surface area contributed by atoms with Crippen molar-refractivity contribution in [1.29, 1.82) is 0 Å². The largest absolute Gasteiger partial charge is 0.481 e. The van der Waals surface area contributed by atoms with Gasteiger partial charge in [0.25, 0.3) is 5.78 Å². The maximum atomic E-state index is 10.9. The molecule has 0 fully saturated rings. The standard InChI is InChI=1S/C8H9N5O2/c9-1-6(7(14)15)5-2-10-8-11-4-12-13(8)3-5/h2-4,6H,1,9H2,(H,14,15). The van der Waals surface area contributed by atoms with Gasteiger partial charge >= 0.3 is 5.97 Å². The second-order valence-corrected chi connectivity index (χ2v) is 3.02. The van der Waals surface area contributed by atoms with Crippen molar-refractivity contribution in [2.75, 3.05) is 6.54 Å². The van der Waals surface area contributed by atoms with E-state index in [0.717, 1.165) is 0 Å². The number of rotatable bonds is 3. The summed E-state index contributed by atoms with van der Waals surface area (Å²) in [7, 11) is 0. The maximum Gasteiger partial charge on any atom is 0.312 e. The van der Waals surface area contributed by atoms with Gasteiger partial charge in [-0.15, -0.1) is 0 Å². The van der Waals surface area contributed by atoms with Gasteiger partial charge in [0, 0.05) is 24.5 Å². The van der Waals surface area contributed by atoms with Crippen LogP contribution in [0.3, 0.4) is 0 Å². The fourth-order valence-electron chi connectivity index (χ4n) is 1.29. The number of hydrogen-bond donors (Lipinski definition) is 2. The SMILES string of the molecule is NCC(C(=O)O)c1cnc2ncnn2c1. The molecule has 15 heavy (non-hydrogen) atoms. The highest BCUT2D eigenvalue weighted by molar-refractivity contribution is 5.76. The van der Waals surface area contributed by atoms with E-state index in [-0.39, 0.29) is 6.54 Å². The Morgan fingerprint density at radius 3 is 3.07 bits per heavy atom. The molecule has 0 amide bonds. The van der Waals surface area contributed by atoms with E-state index in [1.165, 1.54) is 17.0 Å². The summed E-state index contributed by atoms with van der Waals surface area (Å²) in [5.74, 6) is -1.30. The van der Waals surface area contributed by atoms with Crippen LogP contribution in [-0.4, -0.2) is 37.2 Å². The first-order valence-corrected chi connectivity index (χ1v) is 4.30. The smallest absolute Gasteiger partial charge is 0.312 e. The Morgan fingerprint density at radius 1 is 1.60 bits per heavy atom. The molecule has 2 heterocycles. The molecule has 2 aromatic heterocycles. The summed E-state index contributed by atoms with van der Waals surface area (Å²) in [4.78, 5) is 18.7. The zero-order valence-corrected chi connectivity index (χ0v) is 7.74. The number of carboxylic acid groups (broad SMARTS) is 1. The van der Waals surface area contributed by atoms with Crippen molar-refractivity contribution in [3.8, 4) is 0 Å². The normalized spacial score (nSPS) is 12.9. The second kappa shape index (κ2) is 3.62. The molecule has 7 nitrogen and oxygen atoms in total. The number of nitrogens with two attached hydrogens (primary N) is 1. The number of hydrogen-bond acceptors (Lipinski definition) is 5. The van der Waals surface area contributed by atoms with E-state index in [4.69, 9.17) is 10.8 Å². The molecule has 78 valence electrons. The zero-order chi connectivity index (χ0) is 10.8. The maximum absolute atomic E-state index is 10.9. The lowest BCUT2D eigenvalue weighted by atomic mass is 10.0.